The van der Waals surface area contributed by atoms with Crippen LogP contribution in [0.1, 0.15) is 32.5 Å². The topological polar surface area (TPSA) is 109 Å². The third-order valence-corrected chi connectivity index (χ3v) is 2.70. The Labute approximate surface area is 117 Å². The average molecular weight is 283 g/mol. The number of aliphatic carboxylic acids is 1. The van der Waals surface area contributed by atoms with E-state index in [-0.39, 0.29) is 12.5 Å². The molecule has 0 fully saturated rings. The fraction of sp³-hybridized carbons (Fsp3) is 0.667. The summed E-state index contributed by atoms with van der Waals surface area (Å²) in [5.74, 6) is -0.209. The lowest BCUT2D eigenvalue weighted by Gasteiger charge is -2.25. The standard InChI is InChI=1S/C12H21N5O3/c1-12(2,6-4-10(18)19)15-11(20)13-7-5-9-14-8-17(3)16-9/h8H,4-7H2,1-3H3,(H,18,19)(H2,13,15,20). The van der Waals surface area contributed by atoms with Gasteiger partial charge in [-0.15, -0.1) is 0 Å². The Bertz CT molecular complexity index is 469. The third kappa shape index (κ3) is 6.17. The Hall–Kier alpha value is -2.12. The second kappa shape index (κ2) is 6.88. The Morgan fingerprint density at radius 1 is 1.45 bits per heavy atom. The zero-order valence-corrected chi connectivity index (χ0v) is 12.0. The number of aryl methyl sites for hydroxylation is 1. The van der Waals surface area contributed by atoms with Crippen LogP contribution in [-0.2, 0) is 18.3 Å². The van der Waals surface area contributed by atoms with E-state index >= 15 is 0 Å². The van der Waals surface area contributed by atoms with Crippen LogP contribution in [0.2, 0.25) is 0 Å². The molecular weight excluding hydrogens is 262 g/mol. The first-order valence-corrected chi connectivity index (χ1v) is 6.41. The highest BCUT2D eigenvalue weighted by Gasteiger charge is 2.21. The minimum Gasteiger partial charge on any atom is -0.481 e. The molecule has 0 bridgehead atoms. The zero-order valence-electron chi connectivity index (χ0n) is 12.0. The fourth-order valence-electron chi connectivity index (χ4n) is 1.62. The van der Waals surface area contributed by atoms with Gasteiger partial charge in [-0.2, -0.15) is 5.10 Å². The maximum absolute atomic E-state index is 11.7. The van der Waals surface area contributed by atoms with Gasteiger partial charge >= 0.3 is 12.0 Å². The van der Waals surface area contributed by atoms with Gasteiger partial charge in [0.15, 0.2) is 5.82 Å². The molecule has 1 aromatic rings. The average Bonchev–Trinajstić information content (AvgIpc) is 2.72. The minimum atomic E-state index is -0.874. The van der Waals surface area contributed by atoms with Crippen molar-refractivity contribution >= 4 is 12.0 Å². The number of amides is 2. The van der Waals surface area contributed by atoms with Gasteiger partial charge in [-0.3, -0.25) is 9.48 Å². The molecular formula is C12H21N5O3. The minimum absolute atomic E-state index is 0.0190. The van der Waals surface area contributed by atoms with Crippen LogP contribution in [0.25, 0.3) is 0 Å². The molecule has 8 heteroatoms. The molecule has 3 N–H and O–H groups in total. The first-order valence-electron chi connectivity index (χ1n) is 6.41. The van der Waals surface area contributed by atoms with Crippen molar-refractivity contribution in [1.29, 1.82) is 0 Å². The molecule has 0 atom stereocenters. The van der Waals surface area contributed by atoms with E-state index in [4.69, 9.17) is 5.11 Å². The van der Waals surface area contributed by atoms with E-state index in [1.54, 1.807) is 31.9 Å². The molecule has 1 rings (SSSR count). The van der Waals surface area contributed by atoms with Crippen molar-refractivity contribution in [2.75, 3.05) is 6.54 Å². The van der Waals surface area contributed by atoms with Crippen LogP contribution < -0.4 is 10.6 Å². The van der Waals surface area contributed by atoms with E-state index in [2.05, 4.69) is 20.7 Å². The molecule has 1 heterocycles. The lowest BCUT2D eigenvalue weighted by Crippen LogP contribution is -2.48. The van der Waals surface area contributed by atoms with E-state index in [1.807, 2.05) is 0 Å². The zero-order chi connectivity index (χ0) is 15.2. The lowest BCUT2D eigenvalue weighted by atomic mass is 9.99. The first-order chi connectivity index (χ1) is 9.28. The molecule has 0 radical (unpaired) electrons. The summed E-state index contributed by atoms with van der Waals surface area (Å²) in [6.45, 7) is 4.00. The monoisotopic (exact) mass is 283 g/mol. The number of hydrogen-bond acceptors (Lipinski definition) is 4. The highest BCUT2D eigenvalue weighted by atomic mass is 16.4. The molecule has 0 saturated carbocycles. The Morgan fingerprint density at radius 3 is 2.70 bits per heavy atom. The molecule has 2 amide bonds. The van der Waals surface area contributed by atoms with Crippen LogP contribution in [0.3, 0.4) is 0 Å². The van der Waals surface area contributed by atoms with Crippen LogP contribution in [-0.4, -0.2) is 44.0 Å². The summed E-state index contributed by atoms with van der Waals surface area (Å²) < 4.78 is 1.60. The molecule has 0 aromatic carbocycles. The molecule has 0 unspecified atom stereocenters. The summed E-state index contributed by atoms with van der Waals surface area (Å²) in [4.78, 5) is 26.3. The van der Waals surface area contributed by atoms with E-state index in [9.17, 15) is 9.59 Å². The maximum Gasteiger partial charge on any atom is 0.315 e. The van der Waals surface area contributed by atoms with E-state index in [1.165, 1.54) is 0 Å². The van der Waals surface area contributed by atoms with Gasteiger partial charge in [0.1, 0.15) is 6.33 Å². The van der Waals surface area contributed by atoms with Crippen LogP contribution in [0, 0.1) is 0 Å². The molecule has 0 saturated heterocycles. The summed E-state index contributed by atoms with van der Waals surface area (Å²) >= 11 is 0. The maximum atomic E-state index is 11.7. The Morgan fingerprint density at radius 2 is 2.15 bits per heavy atom. The smallest absolute Gasteiger partial charge is 0.315 e. The van der Waals surface area contributed by atoms with Crippen molar-refractivity contribution in [2.45, 2.75) is 38.6 Å². The molecule has 0 spiro atoms. The number of carboxylic acids is 1. The normalized spacial score (nSPS) is 11.2. The molecule has 0 aliphatic rings. The number of nitrogens with zero attached hydrogens (tertiary/aromatic N) is 3. The largest absolute Gasteiger partial charge is 0.481 e. The highest BCUT2D eigenvalue weighted by molar-refractivity contribution is 5.74. The number of carboxylic acid groups (broad SMARTS) is 1. The van der Waals surface area contributed by atoms with Crippen molar-refractivity contribution < 1.29 is 14.7 Å². The summed E-state index contributed by atoms with van der Waals surface area (Å²) in [6, 6.07) is -0.323. The van der Waals surface area contributed by atoms with Gasteiger partial charge in [0.2, 0.25) is 0 Å². The summed E-state index contributed by atoms with van der Waals surface area (Å²) in [7, 11) is 1.78. The van der Waals surface area contributed by atoms with Gasteiger partial charge < -0.3 is 15.7 Å². The van der Waals surface area contributed by atoms with E-state index in [0.717, 1.165) is 0 Å². The highest BCUT2D eigenvalue weighted by Crippen LogP contribution is 2.10. The number of rotatable bonds is 7. The third-order valence-electron chi connectivity index (χ3n) is 2.70. The molecule has 0 aliphatic carbocycles. The SMILES string of the molecule is Cn1cnc(CCNC(=O)NC(C)(C)CCC(=O)O)n1. The number of carbonyl (C=O) groups is 2. The summed E-state index contributed by atoms with van der Waals surface area (Å²) in [5.41, 5.74) is -0.564. The first kappa shape index (κ1) is 15.9. The van der Waals surface area contributed by atoms with Crippen LogP contribution in [0.15, 0.2) is 6.33 Å². The van der Waals surface area contributed by atoms with Crippen LogP contribution in [0.5, 0.6) is 0 Å². The van der Waals surface area contributed by atoms with Gasteiger partial charge in [-0.1, -0.05) is 0 Å². The van der Waals surface area contributed by atoms with Crippen molar-refractivity contribution in [2.24, 2.45) is 7.05 Å². The fourth-order valence-corrected chi connectivity index (χ4v) is 1.62. The summed E-state index contributed by atoms with van der Waals surface area (Å²) in [6.07, 6.45) is 2.54. The van der Waals surface area contributed by atoms with Gasteiger partial charge in [0.05, 0.1) is 0 Å². The van der Waals surface area contributed by atoms with Crippen molar-refractivity contribution in [3.8, 4) is 0 Å². The van der Waals surface area contributed by atoms with Gasteiger partial charge in [0.25, 0.3) is 0 Å². The number of carbonyl (C=O) groups excluding carboxylic acids is 1. The van der Waals surface area contributed by atoms with Crippen LogP contribution >= 0.6 is 0 Å². The van der Waals surface area contributed by atoms with Crippen molar-refractivity contribution in [1.82, 2.24) is 25.4 Å². The lowest BCUT2D eigenvalue weighted by molar-refractivity contribution is -0.137. The van der Waals surface area contributed by atoms with Gasteiger partial charge in [-0.05, 0) is 20.3 Å². The Balaban J connectivity index is 2.27. The quantitative estimate of drug-likeness (QED) is 0.667. The van der Waals surface area contributed by atoms with Gasteiger partial charge in [0, 0.05) is 32.0 Å². The second-order valence-corrected chi connectivity index (χ2v) is 5.24. The number of nitrogens with one attached hydrogen (secondary N) is 2. The molecule has 112 valence electrons. The van der Waals surface area contributed by atoms with E-state index < -0.39 is 11.5 Å². The van der Waals surface area contributed by atoms with Crippen LogP contribution in [0.4, 0.5) is 4.79 Å². The Kier molecular flexibility index (Phi) is 5.48. The van der Waals surface area contributed by atoms with Crippen molar-refractivity contribution in [3.05, 3.63) is 12.2 Å². The number of hydrogen-bond donors (Lipinski definition) is 3. The predicted octanol–water partition coefficient (Wildman–Crippen LogP) is 0.300. The summed E-state index contributed by atoms with van der Waals surface area (Å²) in [5, 5.41) is 18.2. The number of urea groups is 1. The molecule has 8 nitrogen and oxygen atoms in total. The second-order valence-electron chi connectivity index (χ2n) is 5.24. The predicted molar refractivity (Wildman–Crippen MR) is 72.2 cm³/mol. The van der Waals surface area contributed by atoms with Crippen molar-refractivity contribution in [3.63, 3.8) is 0 Å². The van der Waals surface area contributed by atoms with E-state index in [0.29, 0.717) is 25.2 Å². The molecule has 1 aromatic heterocycles. The number of aromatic nitrogens is 3. The molecule has 0 aliphatic heterocycles. The van der Waals surface area contributed by atoms with Gasteiger partial charge in [-0.25, -0.2) is 9.78 Å². The molecule has 20 heavy (non-hydrogen) atoms.